The Morgan fingerprint density at radius 3 is 2.56 bits per heavy atom. The Bertz CT molecular complexity index is 220. The molecule has 0 radical (unpaired) electrons. The molecule has 1 heterocycles. The van der Waals surface area contributed by atoms with Crippen LogP contribution in [0.2, 0.25) is 0 Å². The van der Waals surface area contributed by atoms with Crippen LogP contribution in [0.3, 0.4) is 0 Å². The van der Waals surface area contributed by atoms with Crippen LogP contribution in [0.15, 0.2) is 0 Å². The van der Waals surface area contributed by atoms with Gasteiger partial charge < -0.3 is 4.90 Å². The minimum Gasteiger partial charge on any atom is -0.308 e. The predicted molar refractivity (Wildman–Crippen MR) is 73.2 cm³/mol. The first-order chi connectivity index (χ1) is 7.65. The molecule has 1 aliphatic heterocycles. The van der Waals surface area contributed by atoms with E-state index in [1.54, 1.807) is 0 Å². The lowest BCUT2D eigenvalue weighted by molar-refractivity contribution is 0.0767. The number of hydrogen-bond acceptors (Lipinski definition) is 2. The van der Waals surface area contributed by atoms with Gasteiger partial charge in [-0.3, -0.25) is 4.90 Å². The van der Waals surface area contributed by atoms with E-state index in [9.17, 15) is 0 Å². The minimum atomic E-state index is 0.620. The van der Waals surface area contributed by atoms with E-state index < -0.39 is 0 Å². The summed E-state index contributed by atoms with van der Waals surface area (Å²) >= 11 is 3.72. The summed E-state index contributed by atoms with van der Waals surface area (Å²) in [5.41, 5.74) is 0.620. The summed E-state index contributed by atoms with van der Waals surface area (Å²) in [6.07, 6.45) is 7.11. The number of halogens is 1. The topological polar surface area (TPSA) is 6.48 Å². The van der Waals surface area contributed by atoms with Crippen LogP contribution in [0.4, 0.5) is 0 Å². The molecule has 1 aliphatic carbocycles. The highest BCUT2D eigenvalue weighted by molar-refractivity contribution is 9.09. The monoisotopic (exact) mass is 288 g/mol. The van der Waals surface area contributed by atoms with Crippen molar-refractivity contribution in [3.05, 3.63) is 0 Å². The van der Waals surface area contributed by atoms with Gasteiger partial charge in [0.05, 0.1) is 0 Å². The fourth-order valence-electron chi connectivity index (χ4n) is 3.17. The average molecular weight is 289 g/mol. The van der Waals surface area contributed by atoms with Gasteiger partial charge in [-0.2, -0.15) is 0 Å². The second-order valence-electron chi connectivity index (χ2n) is 6.02. The second-order valence-corrected chi connectivity index (χ2v) is 6.58. The van der Waals surface area contributed by atoms with Crippen LogP contribution >= 0.6 is 15.9 Å². The molecule has 0 amide bonds. The Labute approximate surface area is 108 Å². The molecule has 0 aromatic rings. The SMILES string of the molecule is CN(C)CC1CCCN1CC1(CBr)CCC1. The zero-order chi connectivity index (χ0) is 11.6. The second kappa shape index (κ2) is 5.36. The Kier molecular flexibility index (Phi) is 4.31. The summed E-state index contributed by atoms with van der Waals surface area (Å²) < 4.78 is 0. The van der Waals surface area contributed by atoms with Gasteiger partial charge in [0.25, 0.3) is 0 Å². The lowest BCUT2D eigenvalue weighted by Crippen LogP contribution is -2.47. The van der Waals surface area contributed by atoms with Crippen LogP contribution in [-0.2, 0) is 0 Å². The Morgan fingerprint density at radius 2 is 2.06 bits per heavy atom. The molecule has 16 heavy (non-hydrogen) atoms. The molecule has 2 nitrogen and oxygen atoms in total. The highest BCUT2D eigenvalue weighted by atomic mass is 79.9. The van der Waals surface area contributed by atoms with E-state index in [1.165, 1.54) is 57.1 Å². The van der Waals surface area contributed by atoms with E-state index in [0.717, 1.165) is 6.04 Å². The molecule has 1 atom stereocenters. The molecular weight excluding hydrogens is 264 g/mol. The quantitative estimate of drug-likeness (QED) is 0.718. The van der Waals surface area contributed by atoms with E-state index in [4.69, 9.17) is 0 Å². The zero-order valence-corrected chi connectivity index (χ0v) is 12.3. The first-order valence-corrected chi connectivity index (χ1v) is 7.72. The van der Waals surface area contributed by atoms with E-state index in [0.29, 0.717) is 5.41 Å². The van der Waals surface area contributed by atoms with Gasteiger partial charge in [-0.05, 0) is 51.7 Å². The van der Waals surface area contributed by atoms with Crippen molar-refractivity contribution in [2.45, 2.75) is 38.1 Å². The first kappa shape index (κ1) is 12.8. The lowest BCUT2D eigenvalue weighted by Gasteiger charge is -2.44. The van der Waals surface area contributed by atoms with Gasteiger partial charge >= 0.3 is 0 Å². The van der Waals surface area contributed by atoms with Gasteiger partial charge in [-0.15, -0.1) is 0 Å². The fourth-order valence-corrected chi connectivity index (χ4v) is 3.91. The molecule has 2 rings (SSSR count). The molecule has 0 aromatic carbocycles. The lowest BCUT2D eigenvalue weighted by atomic mass is 9.70. The van der Waals surface area contributed by atoms with Crippen molar-refractivity contribution in [2.24, 2.45) is 5.41 Å². The maximum absolute atomic E-state index is 3.72. The maximum Gasteiger partial charge on any atom is 0.0223 e. The number of likely N-dealkylation sites (tertiary alicyclic amines) is 1. The van der Waals surface area contributed by atoms with E-state index in [2.05, 4.69) is 39.8 Å². The highest BCUT2D eigenvalue weighted by Crippen LogP contribution is 2.44. The third kappa shape index (κ3) is 2.80. The van der Waals surface area contributed by atoms with Crippen LogP contribution in [0.25, 0.3) is 0 Å². The fraction of sp³-hybridized carbons (Fsp3) is 1.00. The Morgan fingerprint density at radius 1 is 1.31 bits per heavy atom. The smallest absolute Gasteiger partial charge is 0.0223 e. The normalized spacial score (nSPS) is 29.6. The largest absolute Gasteiger partial charge is 0.308 e. The van der Waals surface area contributed by atoms with Gasteiger partial charge in [-0.1, -0.05) is 22.4 Å². The van der Waals surface area contributed by atoms with Crippen molar-refractivity contribution in [2.75, 3.05) is 39.1 Å². The zero-order valence-electron chi connectivity index (χ0n) is 10.7. The molecular formula is C13H25BrN2. The molecule has 0 N–H and O–H groups in total. The van der Waals surface area contributed by atoms with Crippen molar-refractivity contribution < 1.29 is 0 Å². The van der Waals surface area contributed by atoms with Crippen molar-refractivity contribution in [3.8, 4) is 0 Å². The summed E-state index contributed by atoms with van der Waals surface area (Å²) in [5.74, 6) is 0. The number of hydrogen-bond donors (Lipinski definition) is 0. The Hall–Kier alpha value is 0.400. The number of likely N-dealkylation sites (N-methyl/N-ethyl adjacent to an activating group) is 1. The Balaban J connectivity index is 1.87. The number of rotatable bonds is 5. The molecule has 2 fully saturated rings. The van der Waals surface area contributed by atoms with Crippen LogP contribution in [0.1, 0.15) is 32.1 Å². The molecule has 0 spiro atoms. The molecule has 0 bridgehead atoms. The standard InChI is InChI=1S/C13H25BrN2/c1-15(2)9-12-5-3-8-16(12)11-13(10-14)6-4-7-13/h12H,3-11H2,1-2H3. The number of nitrogens with zero attached hydrogens (tertiary/aromatic N) is 2. The van der Waals surface area contributed by atoms with Crippen LogP contribution in [0.5, 0.6) is 0 Å². The highest BCUT2D eigenvalue weighted by Gasteiger charge is 2.39. The third-order valence-electron chi connectivity index (χ3n) is 4.31. The molecule has 0 aromatic heterocycles. The molecule has 2 aliphatic rings. The van der Waals surface area contributed by atoms with Crippen molar-refractivity contribution in [3.63, 3.8) is 0 Å². The molecule has 1 unspecified atom stereocenters. The van der Waals surface area contributed by atoms with Crippen molar-refractivity contribution >= 4 is 15.9 Å². The van der Waals surface area contributed by atoms with Crippen LogP contribution < -0.4 is 0 Å². The predicted octanol–water partition coefficient (Wildman–Crippen LogP) is 2.58. The summed E-state index contributed by atoms with van der Waals surface area (Å²) in [6.45, 7) is 3.89. The summed E-state index contributed by atoms with van der Waals surface area (Å²) in [5, 5.41) is 1.20. The number of alkyl halides is 1. The summed E-state index contributed by atoms with van der Waals surface area (Å²) in [6, 6.07) is 0.812. The molecule has 1 saturated carbocycles. The minimum absolute atomic E-state index is 0.620. The van der Waals surface area contributed by atoms with E-state index in [-0.39, 0.29) is 0 Å². The molecule has 3 heteroatoms. The van der Waals surface area contributed by atoms with Gasteiger partial charge in [0, 0.05) is 24.5 Å². The molecule has 1 saturated heterocycles. The summed E-state index contributed by atoms with van der Waals surface area (Å²) in [7, 11) is 4.39. The summed E-state index contributed by atoms with van der Waals surface area (Å²) in [4.78, 5) is 5.09. The maximum atomic E-state index is 3.72. The van der Waals surface area contributed by atoms with Gasteiger partial charge in [-0.25, -0.2) is 0 Å². The van der Waals surface area contributed by atoms with Gasteiger partial charge in [0.1, 0.15) is 0 Å². The van der Waals surface area contributed by atoms with E-state index >= 15 is 0 Å². The van der Waals surface area contributed by atoms with Crippen LogP contribution in [0, 0.1) is 5.41 Å². The molecule has 94 valence electrons. The average Bonchev–Trinajstić information content (AvgIpc) is 2.58. The van der Waals surface area contributed by atoms with Crippen LogP contribution in [-0.4, -0.2) is 54.9 Å². The van der Waals surface area contributed by atoms with Crippen molar-refractivity contribution in [1.82, 2.24) is 9.80 Å². The van der Waals surface area contributed by atoms with Crippen molar-refractivity contribution in [1.29, 1.82) is 0 Å². The van der Waals surface area contributed by atoms with E-state index in [1.807, 2.05) is 0 Å². The first-order valence-electron chi connectivity index (χ1n) is 6.60. The van der Waals surface area contributed by atoms with Gasteiger partial charge in [0.2, 0.25) is 0 Å². The van der Waals surface area contributed by atoms with Gasteiger partial charge in [0.15, 0.2) is 0 Å². The third-order valence-corrected chi connectivity index (χ3v) is 5.50.